The van der Waals surface area contributed by atoms with Crippen LogP contribution in [0, 0.1) is 0 Å². The Morgan fingerprint density at radius 3 is 2.00 bits per heavy atom. The smallest absolute Gasteiger partial charge is 0.415 e. The van der Waals surface area contributed by atoms with Crippen molar-refractivity contribution in [2.75, 3.05) is 6.54 Å². The molecule has 0 aliphatic carbocycles. The van der Waals surface area contributed by atoms with Crippen molar-refractivity contribution in [3.63, 3.8) is 0 Å². The van der Waals surface area contributed by atoms with Gasteiger partial charge in [0.25, 0.3) is 0 Å². The summed E-state index contributed by atoms with van der Waals surface area (Å²) in [6.07, 6.45) is -0.0892. The molecule has 0 aromatic heterocycles. The van der Waals surface area contributed by atoms with Gasteiger partial charge in [-0.05, 0) is 18.9 Å². The average molecular weight is 355 g/mol. The van der Waals surface area contributed by atoms with E-state index in [2.05, 4.69) is 0 Å². The van der Waals surface area contributed by atoms with Gasteiger partial charge in [-0.3, -0.25) is 0 Å². The lowest BCUT2D eigenvalue weighted by atomic mass is 10.1. The molecule has 0 aliphatic heterocycles. The maximum absolute atomic E-state index is 13.0. The number of rotatable bonds is 7. The van der Waals surface area contributed by atoms with Crippen LogP contribution < -0.4 is 5.73 Å². The molecular weight excluding hydrogens is 328 g/mol. The Kier molecular flexibility index (Phi) is 7.06. The van der Waals surface area contributed by atoms with Gasteiger partial charge >= 0.3 is 12.0 Å². The Labute approximate surface area is 155 Å². The number of likely N-dealkylation sites (N-methyl/N-ethyl adjacent to an activating group) is 1. The van der Waals surface area contributed by atoms with E-state index < -0.39 is 16.6 Å². The second-order valence-corrected chi connectivity index (χ2v) is 6.32. The molecule has 2 aromatic carbocycles. The zero-order valence-electron chi connectivity index (χ0n) is 15.4. The highest BCUT2D eigenvalue weighted by atomic mass is 16.6. The molecule has 0 saturated heterocycles. The molecule has 5 nitrogen and oxygen atoms in total. The van der Waals surface area contributed by atoms with E-state index in [0.29, 0.717) is 6.42 Å². The first-order valence-electron chi connectivity index (χ1n) is 8.95. The minimum absolute atomic E-state index is 0.128. The second-order valence-electron chi connectivity index (χ2n) is 6.32. The van der Waals surface area contributed by atoms with Crippen LogP contribution in [-0.2, 0) is 22.7 Å². The molecule has 0 saturated carbocycles. The number of amides is 2. The number of benzene rings is 2. The van der Waals surface area contributed by atoms with Crippen molar-refractivity contribution in [3.8, 4) is 0 Å². The predicted molar refractivity (Wildman–Crippen MR) is 101 cm³/mol. The molecule has 26 heavy (non-hydrogen) atoms. The molecule has 0 aliphatic rings. The lowest BCUT2D eigenvalue weighted by Crippen LogP contribution is -2.61. The third-order valence-electron chi connectivity index (χ3n) is 4.57. The van der Waals surface area contributed by atoms with Crippen molar-refractivity contribution in [1.29, 1.82) is 0 Å². The lowest BCUT2D eigenvalue weighted by Gasteiger charge is -2.32. The highest BCUT2D eigenvalue weighted by molar-refractivity contribution is 5.84. The number of ether oxygens (including phenoxy) is 1. The largest absolute Gasteiger partial charge is 0.524 e. The third-order valence-corrected chi connectivity index (χ3v) is 4.57. The Bertz CT molecular complexity index is 719. The van der Waals surface area contributed by atoms with E-state index in [9.17, 15) is 9.59 Å². The molecule has 0 fully saturated rings. The first-order valence-corrected chi connectivity index (χ1v) is 8.95. The molecule has 1 unspecified atom stereocenters. The highest BCUT2D eigenvalue weighted by Crippen LogP contribution is 2.20. The third kappa shape index (κ3) is 4.56. The van der Waals surface area contributed by atoms with Gasteiger partial charge in [0.2, 0.25) is 0 Å². The van der Waals surface area contributed by atoms with Crippen LogP contribution in [0.1, 0.15) is 31.4 Å². The molecule has 5 heteroatoms. The standard InChI is InChI=1S/C21H27N2O3/c1-3-19(22)20(24)23(4-2,15-17-11-7-5-8-12-17)21(25)26-16-18-13-9-6-10-14-18/h5-14,19H,3-4,15-16,22H2,1-2H3/q+1/t19?,23-/m0/s1. The van der Waals surface area contributed by atoms with E-state index >= 15 is 0 Å². The molecule has 138 valence electrons. The normalized spacial score (nSPS) is 14.3. The Balaban J connectivity index is 2.28. The summed E-state index contributed by atoms with van der Waals surface area (Å²) in [6.45, 7) is 4.30. The van der Waals surface area contributed by atoms with Crippen LogP contribution in [0.25, 0.3) is 0 Å². The van der Waals surface area contributed by atoms with Gasteiger partial charge in [-0.25, -0.2) is 4.79 Å². The van der Waals surface area contributed by atoms with E-state index in [1.54, 1.807) is 0 Å². The van der Waals surface area contributed by atoms with Crippen molar-refractivity contribution in [2.45, 2.75) is 39.5 Å². The molecule has 2 rings (SSSR count). The Morgan fingerprint density at radius 2 is 1.50 bits per heavy atom. The minimum atomic E-state index is -0.706. The highest BCUT2D eigenvalue weighted by Gasteiger charge is 2.47. The summed E-state index contributed by atoms with van der Waals surface area (Å²) in [5.41, 5.74) is 7.77. The van der Waals surface area contributed by atoms with Crippen LogP contribution >= 0.6 is 0 Å². The fourth-order valence-electron chi connectivity index (χ4n) is 2.86. The van der Waals surface area contributed by atoms with E-state index in [-0.39, 0.29) is 25.6 Å². The monoisotopic (exact) mass is 355 g/mol. The van der Waals surface area contributed by atoms with Gasteiger partial charge in [0.15, 0.2) is 0 Å². The quantitative estimate of drug-likeness (QED) is 0.770. The van der Waals surface area contributed by atoms with Crippen LogP contribution in [0.15, 0.2) is 60.7 Å². The van der Waals surface area contributed by atoms with Crippen molar-refractivity contribution in [2.24, 2.45) is 5.73 Å². The maximum Gasteiger partial charge on any atom is 0.524 e. The molecule has 0 bridgehead atoms. The first kappa shape index (κ1) is 19.8. The molecular formula is C21H27N2O3+. The maximum atomic E-state index is 13.0. The second kappa shape index (κ2) is 9.27. The van der Waals surface area contributed by atoms with Gasteiger partial charge in [0.05, 0.1) is 6.54 Å². The number of nitrogens with zero attached hydrogens (tertiary/aromatic N) is 1. The lowest BCUT2D eigenvalue weighted by molar-refractivity contribution is -0.795. The number of carbonyl (C=O) groups excluding carboxylic acids is 2. The Hall–Kier alpha value is -2.50. The SMILES string of the molecule is CCC(N)C(=O)[N@+](CC)(Cc1ccccc1)C(=O)OCc1ccccc1. The fourth-order valence-corrected chi connectivity index (χ4v) is 2.86. The summed E-state index contributed by atoms with van der Waals surface area (Å²) in [6, 6.07) is 18.2. The van der Waals surface area contributed by atoms with Crippen LogP contribution in [0.2, 0.25) is 0 Å². The number of hydrogen-bond donors (Lipinski definition) is 1. The van der Waals surface area contributed by atoms with E-state index in [4.69, 9.17) is 10.5 Å². The van der Waals surface area contributed by atoms with E-state index in [1.165, 1.54) is 0 Å². The summed E-state index contributed by atoms with van der Waals surface area (Å²) in [5.74, 6) is -0.308. The van der Waals surface area contributed by atoms with Gasteiger partial charge in [-0.15, -0.1) is 0 Å². The van der Waals surface area contributed by atoms with E-state index in [0.717, 1.165) is 11.1 Å². The number of nitrogens with two attached hydrogens (primary N) is 1. The molecule has 2 amide bonds. The van der Waals surface area contributed by atoms with Crippen LogP contribution in [0.4, 0.5) is 4.79 Å². The molecule has 0 spiro atoms. The van der Waals surface area contributed by atoms with Crippen molar-refractivity contribution < 1.29 is 18.8 Å². The van der Waals surface area contributed by atoms with Gasteiger partial charge < -0.3 is 10.5 Å². The minimum Gasteiger partial charge on any atom is -0.415 e. The molecule has 2 atom stereocenters. The fraction of sp³-hybridized carbons (Fsp3) is 0.333. The number of hydrogen-bond acceptors (Lipinski definition) is 4. The van der Waals surface area contributed by atoms with Gasteiger partial charge in [0, 0.05) is 5.56 Å². The first-order chi connectivity index (χ1) is 12.5. The van der Waals surface area contributed by atoms with Crippen LogP contribution in [0.3, 0.4) is 0 Å². The summed E-state index contributed by atoms with van der Waals surface area (Å²) in [5, 5.41) is 0. The van der Waals surface area contributed by atoms with Gasteiger partial charge in [-0.1, -0.05) is 67.6 Å². The van der Waals surface area contributed by atoms with Crippen molar-refractivity contribution in [1.82, 2.24) is 0 Å². The average Bonchev–Trinajstić information content (AvgIpc) is 2.70. The Morgan fingerprint density at radius 1 is 0.962 bits per heavy atom. The zero-order valence-corrected chi connectivity index (χ0v) is 15.4. The number of imide groups is 1. The topological polar surface area (TPSA) is 69.4 Å². The van der Waals surface area contributed by atoms with Crippen LogP contribution in [0.5, 0.6) is 0 Å². The summed E-state index contributed by atoms with van der Waals surface area (Å²) >= 11 is 0. The van der Waals surface area contributed by atoms with Gasteiger partial charge in [0.1, 0.15) is 19.2 Å². The van der Waals surface area contributed by atoms with Gasteiger partial charge in [-0.2, -0.15) is 9.28 Å². The molecule has 0 heterocycles. The summed E-state index contributed by atoms with van der Waals surface area (Å²) < 4.78 is 5.09. The summed E-state index contributed by atoms with van der Waals surface area (Å²) in [7, 11) is 0. The van der Waals surface area contributed by atoms with E-state index in [1.807, 2.05) is 74.5 Å². The van der Waals surface area contributed by atoms with Crippen LogP contribution in [-0.4, -0.2) is 29.1 Å². The molecule has 0 radical (unpaired) electrons. The molecule has 2 aromatic rings. The number of quaternary nitrogens is 1. The zero-order chi connectivity index (χ0) is 19.0. The number of carbonyl (C=O) groups is 2. The van der Waals surface area contributed by atoms with Crippen molar-refractivity contribution >= 4 is 12.0 Å². The summed E-state index contributed by atoms with van der Waals surface area (Å²) in [4.78, 5) is 26.0. The van der Waals surface area contributed by atoms with Crippen molar-refractivity contribution in [3.05, 3.63) is 71.8 Å². The molecule has 2 N–H and O–H groups in total. The predicted octanol–water partition coefficient (Wildman–Crippen LogP) is 3.62.